The molecule has 0 spiro atoms. The van der Waals surface area contributed by atoms with Crippen molar-refractivity contribution in [1.82, 2.24) is 4.98 Å². The topological polar surface area (TPSA) is 24.9 Å². The maximum absolute atomic E-state index is 5.94. The predicted octanol–water partition coefficient (Wildman–Crippen LogP) is 4.88. The molecular formula is C13H18BrClN2. The van der Waals surface area contributed by atoms with Crippen LogP contribution in [0.25, 0.3) is 0 Å². The molecule has 2 nitrogen and oxygen atoms in total. The van der Waals surface area contributed by atoms with Crippen LogP contribution in [0.15, 0.2) is 16.9 Å². The van der Waals surface area contributed by atoms with Gasteiger partial charge in [0.15, 0.2) is 0 Å². The van der Waals surface area contributed by atoms with Gasteiger partial charge in [-0.25, -0.2) is 4.98 Å². The van der Waals surface area contributed by atoms with Crippen LogP contribution in [0.2, 0.25) is 5.02 Å². The van der Waals surface area contributed by atoms with Crippen molar-refractivity contribution in [2.75, 3.05) is 11.9 Å². The van der Waals surface area contributed by atoms with Crippen LogP contribution in [0.1, 0.15) is 38.5 Å². The molecule has 1 aliphatic carbocycles. The third kappa shape index (κ3) is 4.14. The molecule has 1 heterocycles. The van der Waals surface area contributed by atoms with Gasteiger partial charge in [0, 0.05) is 12.7 Å². The molecule has 2 rings (SSSR count). The standard InChI is InChI=1S/C13H18BrClN2/c14-13-12(7-11(15)9-17-13)16-8-10-5-3-1-2-4-6-10/h7,9-10,16H,1-6,8H2. The molecule has 1 saturated carbocycles. The Kier molecular flexibility index (Phi) is 5.11. The van der Waals surface area contributed by atoms with Crippen molar-refractivity contribution in [3.8, 4) is 0 Å². The molecule has 0 aliphatic heterocycles. The number of aromatic nitrogens is 1. The monoisotopic (exact) mass is 316 g/mol. The number of nitrogens with one attached hydrogen (secondary N) is 1. The smallest absolute Gasteiger partial charge is 0.129 e. The lowest BCUT2D eigenvalue weighted by Crippen LogP contribution is -2.14. The minimum absolute atomic E-state index is 0.677. The summed E-state index contributed by atoms with van der Waals surface area (Å²) in [6.45, 7) is 1.03. The summed E-state index contributed by atoms with van der Waals surface area (Å²) in [6.07, 6.45) is 9.90. The van der Waals surface area contributed by atoms with Crippen molar-refractivity contribution >= 4 is 33.2 Å². The Hall–Kier alpha value is -0.280. The first-order valence-corrected chi connectivity index (χ1v) is 7.48. The molecule has 1 fully saturated rings. The van der Waals surface area contributed by atoms with Gasteiger partial charge in [0.1, 0.15) is 4.60 Å². The fraction of sp³-hybridized carbons (Fsp3) is 0.615. The van der Waals surface area contributed by atoms with Gasteiger partial charge < -0.3 is 5.32 Å². The first-order valence-electron chi connectivity index (χ1n) is 6.30. The van der Waals surface area contributed by atoms with E-state index in [-0.39, 0.29) is 0 Å². The first kappa shape index (κ1) is 13.2. The minimum Gasteiger partial charge on any atom is -0.383 e. The molecule has 0 unspecified atom stereocenters. The van der Waals surface area contributed by atoms with Crippen LogP contribution < -0.4 is 5.32 Å². The van der Waals surface area contributed by atoms with Crippen LogP contribution in [-0.4, -0.2) is 11.5 Å². The lowest BCUT2D eigenvalue weighted by Gasteiger charge is -2.16. The zero-order chi connectivity index (χ0) is 12.1. The van der Waals surface area contributed by atoms with Gasteiger partial charge in [-0.15, -0.1) is 0 Å². The third-order valence-electron chi connectivity index (χ3n) is 3.36. The second kappa shape index (κ2) is 6.60. The summed E-state index contributed by atoms with van der Waals surface area (Å²) < 4.78 is 0.843. The molecule has 4 heteroatoms. The van der Waals surface area contributed by atoms with E-state index in [4.69, 9.17) is 11.6 Å². The van der Waals surface area contributed by atoms with Crippen molar-refractivity contribution < 1.29 is 0 Å². The summed E-state index contributed by atoms with van der Waals surface area (Å²) in [5.41, 5.74) is 1.00. The fourth-order valence-corrected chi connectivity index (χ4v) is 2.88. The van der Waals surface area contributed by atoms with Gasteiger partial charge in [0.05, 0.1) is 10.7 Å². The molecule has 0 atom stereocenters. The molecule has 17 heavy (non-hydrogen) atoms. The SMILES string of the molecule is Clc1cnc(Br)c(NCC2CCCCCC2)c1. The number of rotatable bonds is 3. The molecule has 0 aromatic carbocycles. The molecule has 0 bridgehead atoms. The van der Waals surface area contributed by atoms with E-state index in [1.54, 1.807) is 6.20 Å². The first-order chi connectivity index (χ1) is 8.25. The quantitative estimate of drug-likeness (QED) is 0.635. The average molecular weight is 318 g/mol. The highest BCUT2D eigenvalue weighted by molar-refractivity contribution is 9.10. The molecule has 1 aromatic heterocycles. The summed E-state index contributed by atoms with van der Waals surface area (Å²) >= 11 is 9.38. The van der Waals surface area contributed by atoms with Gasteiger partial charge in [0.25, 0.3) is 0 Å². The van der Waals surface area contributed by atoms with Crippen LogP contribution >= 0.6 is 27.5 Å². The van der Waals surface area contributed by atoms with Crippen molar-refractivity contribution in [2.45, 2.75) is 38.5 Å². The normalized spacial score (nSPS) is 17.8. The van der Waals surface area contributed by atoms with Gasteiger partial charge in [-0.05, 0) is 40.8 Å². The van der Waals surface area contributed by atoms with E-state index in [0.717, 1.165) is 22.8 Å². The van der Waals surface area contributed by atoms with Crippen LogP contribution in [0.3, 0.4) is 0 Å². The number of hydrogen-bond donors (Lipinski definition) is 1. The Morgan fingerprint density at radius 3 is 2.71 bits per heavy atom. The van der Waals surface area contributed by atoms with Gasteiger partial charge in [0.2, 0.25) is 0 Å². The summed E-state index contributed by atoms with van der Waals surface area (Å²) in [4.78, 5) is 4.18. The van der Waals surface area contributed by atoms with E-state index >= 15 is 0 Å². The Labute approximate surface area is 116 Å². The third-order valence-corrected chi connectivity index (χ3v) is 4.20. The highest BCUT2D eigenvalue weighted by atomic mass is 79.9. The number of anilines is 1. The summed E-state index contributed by atoms with van der Waals surface area (Å²) in [5.74, 6) is 0.795. The zero-order valence-corrected chi connectivity index (χ0v) is 12.2. The van der Waals surface area contributed by atoms with Gasteiger partial charge in [-0.3, -0.25) is 0 Å². The molecule has 94 valence electrons. The molecular weight excluding hydrogens is 300 g/mol. The van der Waals surface area contributed by atoms with Gasteiger partial charge in [-0.1, -0.05) is 37.3 Å². The number of pyridine rings is 1. The van der Waals surface area contributed by atoms with Crippen molar-refractivity contribution in [1.29, 1.82) is 0 Å². The molecule has 0 radical (unpaired) electrons. The maximum atomic E-state index is 5.94. The number of nitrogens with zero attached hydrogens (tertiary/aromatic N) is 1. The highest BCUT2D eigenvalue weighted by Gasteiger charge is 2.12. The van der Waals surface area contributed by atoms with Crippen LogP contribution in [0, 0.1) is 5.92 Å². The summed E-state index contributed by atoms with van der Waals surface area (Å²) in [6, 6.07) is 1.93. The number of hydrogen-bond acceptors (Lipinski definition) is 2. The van der Waals surface area contributed by atoms with Crippen LogP contribution in [0.4, 0.5) is 5.69 Å². The second-order valence-corrected chi connectivity index (χ2v) is 5.92. The second-order valence-electron chi connectivity index (χ2n) is 4.73. The Morgan fingerprint density at radius 2 is 2.00 bits per heavy atom. The Balaban J connectivity index is 1.89. The van der Waals surface area contributed by atoms with Crippen molar-refractivity contribution in [3.05, 3.63) is 21.9 Å². The Bertz CT molecular complexity index is 362. The molecule has 1 aromatic rings. The predicted molar refractivity (Wildman–Crippen MR) is 76.6 cm³/mol. The van der Waals surface area contributed by atoms with E-state index in [9.17, 15) is 0 Å². The maximum Gasteiger partial charge on any atom is 0.129 e. The van der Waals surface area contributed by atoms with Crippen LogP contribution in [0.5, 0.6) is 0 Å². The average Bonchev–Trinajstić information content (AvgIpc) is 2.59. The molecule has 0 saturated heterocycles. The Morgan fingerprint density at radius 1 is 1.29 bits per heavy atom. The van der Waals surface area contributed by atoms with Gasteiger partial charge >= 0.3 is 0 Å². The molecule has 0 amide bonds. The number of halogens is 2. The summed E-state index contributed by atoms with van der Waals surface area (Å²) in [7, 11) is 0. The lowest BCUT2D eigenvalue weighted by molar-refractivity contribution is 0.483. The van der Waals surface area contributed by atoms with E-state index in [1.165, 1.54) is 38.5 Å². The minimum atomic E-state index is 0.677. The largest absolute Gasteiger partial charge is 0.383 e. The summed E-state index contributed by atoms with van der Waals surface area (Å²) in [5, 5.41) is 4.13. The molecule has 1 N–H and O–H groups in total. The van der Waals surface area contributed by atoms with Crippen molar-refractivity contribution in [3.63, 3.8) is 0 Å². The highest BCUT2D eigenvalue weighted by Crippen LogP contribution is 2.26. The van der Waals surface area contributed by atoms with E-state index in [1.807, 2.05) is 6.07 Å². The van der Waals surface area contributed by atoms with Crippen LogP contribution in [-0.2, 0) is 0 Å². The van der Waals surface area contributed by atoms with E-state index in [2.05, 4.69) is 26.2 Å². The zero-order valence-electron chi connectivity index (χ0n) is 9.88. The fourth-order valence-electron chi connectivity index (χ4n) is 2.37. The van der Waals surface area contributed by atoms with E-state index < -0.39 is 0 Å². The lowest BCUT2D eigenvalue weighted by atomic mass is 10.0. The van der Waals surface area contributed by atoms with E-state index in [0.29, 0.717) is 5.02 Å². The van der Waals surface area contributed by atoms with Gasteiger partial charge in [-0.2, -0.15) is 0 Å². The molecule has 1 aliphatic rings. The van der Waals surface area contributed by atoms with Crippen molar-refractivity contribution in [2.24, 2.45) is 5.92 Å².